The molecule has 0 aliphatic carbocycles. The number of methoxy groups -OCH3 is 1. The van der Waals surface area contributed by atoms with E-state index in [1.54, 1.807) is 11.0 Å². The van der Waals surface area contributed by atoms with Crippen LogP contribution in [0.25, 0.3) is 0 Å². The molecule has 0 N–H and O–H groups in total. The topological polar surface area (TPSA) is 47.5 Å². The Morgan fingerprint density at radius 2 is 2.26 bits per heavy atom. The van der Waals surface area contributed by atoms with E-state index in [2.05, 4.69) is 9.97 Å². The number of rotatable bonds is 3. The molecule has 5 nitrogen and oxygen atoms in total. The third-order valence-electron chi connectivity index (χ3n) is 2.76. The Labute approximate surface area is 108 Å². The van der Waals surface area contributed by atoms with Gasteiger partial charge in [0.25, 0.3) is 0 Å². The van der Waals surface area contributed by atoms with Crippen LogP contribution in [-0.2, 0) is 16.1 Å². The number of ether oxygens (including phenoxy) is 2. The van der Waals surface area contributed by atoms with Crippen LogP contribution in [0, 0.1) is 0 Å². The average molecular weight is 277 g/mol. The first-order chi connectivity index (χ1) is 9.00. The highest BCUT2D eigenvalue weighted by Gasteiger charge is 2.43. The fourth-order valence-electron chi connectivity index (χ4n) is 1.84. The van der Waals surface area contributed by atoms with Crippen LogP contribution in [0.1, 0.15) is 5.69 Å². The molecule has 0 spiro atoms. The number of aromatic nitrogens is 2. The highest BCUT2D eigenvalue weighted by Crippen LogP contribution is 2.27. The molecule has 1 saturated heterocycles. The molecule has 2 rings (SSSR count). The lowest BCUT2D eigenvalue weighted by molar-refractivity contribution is -0.221. The number of morpholine rings is 1. The zero-order valence-corrected chi connectivity index (χ0v) is 10.4. The first-order valence-electron chi connectivity index (χ1n) is 5.74. The summed E-state index contributed by atoms with van der Waals surface area (Å²) in [5.41, 5.74) is 0.627. The normalized spacial score (nSPS) is 20.6. The van der Waals surface area contributed by atoms with E-state index in [9.17, 15) is 13.2 Å². The van der Waals surface area contributed by atoms with Crippen LogP contribution in [0.3, 0.4) is 0 Å². The third kappa shape index (κ3) is 3.54. The summed E-state index contributed by atoms with van der Waals surface area (Å²) in [4.78, 5) is 9.52. The van der Waals surface area contributed by atoms with Crippen molar-refractivity contribution >= 4 is 5.82 Å². The summed E-state index contributed by atoms with van der Waals surface area (Å²) in [6.45, 7) is 0.430. The molecule has 0 saturated carbocycles. The van der Waals surface area contributed by atoms with Crippen LogP contribution in [0.2, 0.25) is 0 Å². The van der Waals surface area contributed by atoms with Crippen molar-refractivity contribution in [3.63, 3.8) is 0 Å². The molecule has 0 radical (unpaired) electrons. The fourth-order valence-corrected chi connectivity index (χ4v) is 1.84. The molecule has 1 fully saturated rings. The zero-order valence-electron chi connectivity index (χ0n) is 10.4. The van der Waals surface area contributed by atoms with Crippen molar-refractivity contribution in [3.05, 3.63) is 18.1 Å². The van der Waals surface area contributed by atoms with Crippen LogP contribution < -0.4 is 4.90 Å². The highest BCUT2D eigenvalue weighted by atomic mass is 19.4. The quantitative estimate of drug-likeness (QED) is 0.835. The largest absolute Gasteiger partial charge is 0.416 e. The number of halogens is 3. The highest BCUT2D eigenvalue weighted by molar-refractivity contribution is 5.39. The van der Waals surface area contributed by atoms with Gasteiger partial charge in [-0.15, -0.1) is 0 Å². The molecule has 1 atom stereocenters. The zero-order chi connectivity index (χ0) is 13.9. The number of anilines is 1. The van der Waals surface area contributed by atoms with E-state index < -0.39 is 12.3 Å². The molecule has 1 aliphatic rings. The van der Waals surface area contributed by atoms with Crippen molar-refractivity contribution < 1.29 is 22.6 Å². The van der Waals surface area contributed by atoms with Crippen molar-refractivity contribution in [1.82, 2.24) is 9.97 Å². The van der Waals surface area contributed by atoms with Crippen LogP contribution >= 0.6 is 0 Å². The molecule has 0 bridgehead atoms. The molecular formula is C11H14F3N3O2. The second kappa shape index (κ2) is 5.70. The summed E-state index contributed by atoms with van der Waals surface area (Å²) in [7, 11) is 1.52. The van der Waals surface area contributed by atoms with Crippen molar-refractivity contribution in [2.24, 2.45) is 0 Å². The van der Waals surface area contributed by atoms with Crippen LogP contribution in [0.4, 0.5) is 19.0 Å². The Balaban J connectivity index is 2.10. The standard InChI is InChI=1S/C11H14F3N3O2/c1-18-6-8-4-10(16-7-15-8)17-2-3-19-9(5-17)11(12,13)14/h4,7,9H,2-3,5-6H2,1H3/t9-/m0/s1. The SMILES string of the molecule is COCc1cc(N2CCO[C@H](C(F)(F)F)C2)ncn1. The van der Waals surface area contributed by atoms with Gasteiger partial charge >= 0.3 is 6.18 Å². The number of alkyl halides is 3. The van der Waals surface area contributed by atoms with Gasteiger partial charge in [-0.2, -0.15) is 13.2 Å². The van der Waals surface area contributed by atoms with Gasteiger partial charge < -0.3 is 14.4 Å². The third-order valence-corrected chi connectivity index (χ3v) is 2.76. The molecule has 19 heavy (non-hydrogen) atoms. The first kappa shape index (κ1) is 14.0. The Morgan fingerprint density at radius 3 is 2.95 bits per heavy atom. The van der Waals surface area contributed by atoms with Crippen LogP contribution in [-0.4, -0.2) is 49.1 Å². The molecule has 2 heterocycles. The monoisotopic (exact) mass is 277 g/mol. The van der Waals surface area contributed by atoms with Crippen molar-refractivity contribution in [2.75, 3.05) is 31.7 Å². The Hall–Kier alpha value is -1.41. The maximum atomic E-state index is 12.6. The first-order valence-corrected chi connectivity index (χ1v) is 5.74. The predicted octanol–water partition coefficient (Wildman–Crippen LogP) is 1.39. The summed E-state index contributed by atoms with van der Waals surface area (Å²) in [6, 6.07) is 1.63. The minimum Gasteiger partial charge on any atom is -0.378 e. The van der Waals surface area contributed by atoms with Gasteiger partial charge in [0.1, 0.15) is 12.1 Å². The van der Waals surface area contributed by atoms with Crippen LogP contribution in [0.5, 0.6) is 0 Å². The van der Waals surface area contributed by atoms with E-state index in [0.29, 0.717) is 24.7 Å². The van der Waals surface area contributed by atoms with Crippen LogP contribution in [0.15, 0.2) is 12.4 Å². The van der Waals surface area contributed by atoms with Gasteiger partial charge in [-0.25, -0.2) is 9.97 Å². The van der Waals surface area contributed by atoms with Crippen molar-refractivity contribution in [3.8, 4) is 0 Å². The molecule has 0 amide bonds. The predicted molar refractivity (Wildman–Crippen MR) is 60.8 cm³/mol. The van der Waals surface area contributed by atoms with E-state index >= 15 is 0 Å². The van der Waals surface area contributed by atoms with Gasteiger partial charge in [0, 0.05) is 19.7 Å². The Kier molecular flexibility index (Phi) is 4.20. The van der Waals surface area contributed by atoms with Crippen molar-refractivity contribution in [1.29, 1.82) is 0 Å². The lowest BCUT2D eigenvalue weighted by Gasteiger charge is -2.34. The Morgan fingerprint density at radius 1 is 1.47 bits per heavy atom. The van der Waals surface area contributed by atoms with Gasteiger partial charge in [-0.1, -0.05) is 0 Å². The lowest BCUT2D eigenvalue weighted by atomic mass is 10.2. The molecule has 8 heteroatoms. The average Bonchev–Trinajstić information content (AvgIpc) is 2.39. The lowest BCUT2D eigenvalue weighted by Crippen LogP contribution is -2.49. The summed E-state index contributed by atoms with van der Waals surface area (Å²) in [5, 5.41) is 0. The number of hydrogen-bond donors (Lipinski definition) is 0. The van der Waals surface area contributed by atoms with E-state index in [-0.39, 0.29) is 13.2 Å². The smallest absolute Gasteiger partial charge is 0.378 e. The molecule has 106 valence electrons. The summed E-state index contributed by atoms with van der Waals surface area (Å²) >= 11 is 0. The summed E-state index contributed by atoms with van der Waals surface area (Å²) in [5.74, 6) is 0.458. The molecule has 1 aromatic heterocycles. The minimum absolute atomic E-state index is 0.0216. The minimum atomic E-state index is -4.36. The summed E-state index contributed by atoms with van der Waals surface area (Å²) < 4.78 is 47.5. The van der Waals surface area contributed by atoms with Gasteiger partial charge in [-0.3, -0.25) is 0 Å². The second-order valence-corrected chi connectivity index (χ2v) is 4.15. The Bertz CT molecular complexity index is 428. The van der Waals surface area contributed by atoms with Gasteiger partial charge in [0.05, 0.1) is 25.5 Å². The van der Waals surface area contributed by atoms with E-state index in [1.807, 2.05) is 0 Å². The van der Waals surface area contributed by atoms with E-state index in [4.69, 9.17) is 9.47 Å². The maximum absolute atomic E-state index is 12.6. The molecular weight excluding hydrogens is 263 g/mol. The molecule has 1 aromatic rings. The molecule has 1 aliphatic heterocycles. The van der Waals surface area contributed by atoms with Gasteiger partial charge in [0.2, 0.25) is 0 Å². The van der Waals surface area contributed by atoms with E-state index in [0.717, 1.165) is 0 Å². The number of hydrogen-bond acceptors (Lipinski definition) is 5. The van der Waals surface area contributed by atoms with E-state index in [1.165, 1.54) is 13.4 Å². The second-order valence-electron chi connectivity index (χ2n) is 4.15. The van der Waals surface area contributed by atoms with Gasteiger partial charge in [-0.05, 0) is 0 Å². The summed E-state index contributed by atoms with van der Waals surface area (Å²) in [6.07, 6.45) is -4.81. The van der Waals surface area contributed by atoms with Gasteiger partial charge in [0.15, 0.2) is 6.10 Å². The van der Waals surface area contributed by atoms with Crippen molar-refractivity contribution in [2.45, 2.75) is 18.9 Å². The number of nitrogens with zero attached hydrogens (tertiary/aromatic N) is 3. The molecule has 0 aromatic carbocycles. The molecule has 0 unspecified atom stereocenters. The maximum Gasteiger partial charge on any atom is 0.416 e. The fraction of sp³-hybridized carbons (Fsp3) is 0.636.